The first-order valence-corrected chi connectivity index (χ1v) is 11.7. The summed E-state index contributed by atoms with van der Waals surface area (Å²) in [4.78, 5) is 29.0. The topological polar surface area (TPSA) is 112 Å². The number of fused-ring (bicyclic) bond motifs is 1. The number of hydrogen-bond donors (Lipinski definition) is 1. The number of ether oxygens (including phenoxy) is 2. The molecule has 0 aliphatic heterocycles. The second kappa shape index (κ2) is 10.1. The number of para-hydroxylation sites is 1. The molecule has 0 bridgehead atoms. The Hall–Kier alpha value is -4.34. The summed E-state index contributed by atoms with van der Waals surface area (Å²) in [5.41, 5.74) is 2.08. The van der Waals surface area contributed by atoms with Gasteiger partial charge in [0.2, 0.25) is 11.8 Å². The first-order valence-electron chi connectivity index (χ1n) is 11.7. The van der Waals surface area contributed by atoms with E-state index in [1.165, 1.54) is 7.11 Å². The molecular formula is C26H27N5O5. The van der Waals surface area contributed by atoms with Gasteiger partial charge in [0.25, 0.3) is 0 Å². The van der Waals surface area contributed by atoms with Crippen LogP contribution >= 0.6 is 0 Å². The molecule has 0 spiro atoms. The number of carbonyl (C=O) groups excluding carboxylic acids is 2. The third-order valence-corrected chi connectivity index (χ3v) is 6.20. The van der Waals surface area contributed by atoms with Crippen molar-refractivity contribution in [3.63, 3.8) is 0 Å². The van der Waals surface area contributed by atoms with Crippen molar-refractivity contribution in [1.29, 1.82) is 0 Å². The standard InChI is InChI=1S/C26H27N5O5/c1-34-22-12-9-17(14-23(22)35-2)25(26(33)27-15-19-6-5-13-36-19)31(18-10-11-18)24(32)16-30-21-8-4-3-7-20(21)28-29-30/h3-9,12-14,18,25H,10-11,15-16H2,1-2H3,(H,27,33)/t25-/m0/s1. The van der Waals surface area contributed by atoms with E-state index in [9.17, 15) is 9.59 Å². The van der Waals surface area contributed by atoms with Gasteiger partial charge in [-0.3, -0.25) is 9.59 Å². The van der Waals surface area contributed by atoms with Crippen LogP contribution in [0, 0.1) is 0 Å². The van der Waals surface area contributed by atoms with Gasteiger partial charge in [-0.25, -0.2) is 4.68 Å². The zero-order valence-corrected chi connectivity index (χ0v) is 20.1. The quantitative estimate of drug-likeness (QED) is 0.364. The van der Waals surface area contributed by atoms with Gasteiger partial charge in [-0.15, -0.1) is 5.10 Å². The maximum Gasteiger partial charge on any atom is 0.247 e. The SMILES string of the molecule is COc1ccc([C@@H](C(=O)NCc2ccco2)N(C(=O)Cn2nnc3ccccc32)C2CC2)cc1OC. The molecule has 1 aliphatic rings. The molecule has 186 valence electrons. The van der Waals surface area contributed by atoms with Crippen LogP contribution in [0.5, 0.6) is 11.5 Å². The van der Waals surface area contributed by atoms with Crippen molar-refractivity contribution in [2.45, 2.75) is 38.0 Å². The molecular weight excluding hydrogens is 462 g/mol. The summed E-state index contributed by atoms with van der Waals surface area (Å²) < 4.78 is 17.8. The van der Waals surface area contributed by atoms with Crippen molar-refractivity contribution in [3.8, 4) is 11.5 Å². The molecule has 2 aromatic heterocycles. The molecule has 1 aliphatic carbocycles. The van der Waals surface area contributed by atoms with Gasteiger partial charge >= 0.3 is 0 Å². The van der Waals surface area contributed by atoms with Crippen LogP contribution in [-0.2, 0) is 22.7 Å². The van der Waals surface area contributed by atoms with Gasteiger partial charge in [0.05, 0.1) is 32.5 Å². The first-order chi connectivity index (χ1) is 17.6. The van der Waals surface area contributed by atoms with Crippen LogP contribution < -0.4 is 14.8 Å². The minimum absolute atomic E-state index is 0.0354. The number of methoxy groups -OCH3 is 2. The number of rotatable bonds is 10. The van der Waals surface area contributed by atoms with Gasteiger partial charge < -0.3 is 24.1 Å². The fraction of sp³-hybridized carbons (Fsp3) is 0.308. The number of carbonyl (C=O) groups is 2. The molecule has 2 amide bonds. The number of aromatic nitrogens is 3. The molecule has 4 aromatic rings. The summed E-state index contributed by atoms with van der Waals surface area (Å²) in [6.07, 6.45) is 3.19. The highest BCUT2D eigenvalue weighted by molar-refractivity contribution is 5.89. The Morgan fingerprint density at radius 1 is 1.11 bits per heavy atom. The van der Waals surface area contributed by atoms with Crippen LogP contribution in [0.2, 0.25) is 0 Å². The molecule has 1 N–H and O–H groups in total. The molecule has 2 aromatic carbocycles. The van der Waals surface area contributed by atoms with E-state index in [4.69, 9.17) is 13.9 Å². The minimum atomic E-state index is -0.880. The number of hydrogen-bond acceptors (Lipinski definition) is 7. The predicted octanol–water partition coefficient (Wildman–Crippen LogP) is 3.09. The third-order valence-electron chi connectivity index (χ3n) is 6.20. The highest BCUT2D eigenvalue weighted by atomic mass is 16.5. The smallest absolute Gasteiger partial charge is 0.247 e. The first kappa shape index (κ1) is 23.4. The Bertz CT molecular complexity index is 1360. The van der Waals surface area contributed by atoms with Gasteiger partial charge in [-0.1, -0.05) is 23.4 Å². The average molecular weight is 490 g/mol. The lowest BCUT2D eigenvalue weighted by Gasteiger charge is -2.32. The van der Waals surface area contributed by atoms with Crippen LogP contribution in [-0.4, -0.2) is 52.0 Å². The molecule has 2 heterocycles. The molecule has 0 saturated heterocycles. The molecule has 1 fully saturated rings. The second-order valence-corrected chi connectivity index (χ2v) is 8.58. The van der Waals surface area contributed by atoms with Crippen molar-refractivity contribution >= 4 is 22.8 Å². The third kappa shape index (κ3) is 4.74. The summed E-state index contributed by atoms with van der Waals surface area (Å²) in [5.74, 6) is 1.09. The minimum Gasteiger partial charge on any atom is -0.493 e. The Morgan fingerprint density at radius 3 is 2.64 bits per heavy atom. The molecule has 1 saturated carbocycles. The van der Waals surface area contributed by atoms with Crippen molar-refractivity contribution in [1.82, 2.24) is 25.2 Å². The Morgan fingerprint density at radius 2 is 1.92 bits per heavy atom. The number of furan rings is 1. The van der Waals surface area contributed by atoms with Gasteiger partial charge in [0, 0.05) is 6.04 Å². The van der Waals surface area contributed by atoms with Gasteiger partial charge in [0.1, 0.15) is 23.9 Å². The number of nitrogens with zero attached hydrogens (tertiary/aromatic N) is 4. The fourth-order valence-electron chi connectivity index (χ4n) is 4.30. The van der Waals surface area contributed by atoms with Crippen LogP contribution in [0.4, 0.5) is 0 Å². The van der Waals surface area contributed by atoms with Crippen molar-refractivity contribution in [2.24, 2.45) is 0 Å². The van der Waals surface area contributed by atoms with E-state index >= 15 is 0 Å². The van der Waals surface area contributed by atoms with E-state index in [-0.39, 0.29) is 30.9 Å². The van der Waals surface area contributed by atoms with Gasteiger partial charge in [-0.2, -0.15) is 0 Å². The normalized spacial score (nSPS) is 13.8. The van der Waals surface area contributed by atoms with Crippen LogP contribution in [0.15, 0.2) is 65.3 Å². The molecule has 36 heavy (non-hydrogen) atoms. The lowest BCUT2D eigenvalue weighted by molar-refractivity contribution is -0.142. The van der Waals surface area contributed by atoms with E-state index in [0.29, 0.717) is 28.3 Å². The summed E-state index contributed by atoms with van der Waals surface area (Å²) in [6, 6.07) is 15.3. The van der Waals surface area contributed by atoms with E-state index < -0.39 is 6.04 Å². The second-order valence-electron chi connectivity index (χ2n) is 8.58. The summed E-state index contributed by atoms with van der Waals surface area (Å²) in [5, 5.41) is 11.2. The predicted molar refractivity (Wildman–Crippen MR) is 130 cm³/mol. The highest BCUT2D eigenvalue weighted by Gasteiger charge is 2.41. The number of nitrogens with one attached hydrogen (secondary N) is 1. The molecule has 10 nitrogen and oxygen atoms in total. The van der Waals surface area contributed by atoms with Crippen LogP contribution in [0.25, 0.3) is 11.0 Å². The lowest BCUT2D eigenvalue weighted by Crippen LogP contribution is -2.46. The van der Waals surface area contributed by atoms with Crippen molar-refractivity contribution in [3.05, 3.63) is 72.2 Å². The fourth-order valence-corrected chi connectivity index (χ4v) is 4.30. The van der Waals surface area contributed by atoms with Gasteiger partial charge in [-0.05, 0) is 54.8 Å². The van der Waals surface area contributed by atoms with E-state index in [0.717, 1.165) is 18.4 Å². The Balaban J connectivity index is 1.48. The van der Waals surface area contributed by atoms with E-state index in [1.54, 1.807) is 53.3 Å². The van der Waals surface area contributed by atoms with E-state index in [1.807, 2.05) is 24.3 Å². The van der Waals surface area contributed by atoms with Gasteiger partial charge in [0.15, 0.2) is 11.5 Å². The molecule has 5 rings (SSSR count). The molecule has 10 heteroatoms. The number of amides is 2. The molecule has 1 atom stereocenters. The number of benzene rings is 2. The molecule has 0 unspecified atom stereocenters. The Labute approximate surface area is 207 Å². The Kier molecular flexibility index (Phi) is 6.57. The van der Waals surface area contributed by atoms with E-state index in [2.05, 4.69) is 15.6 Å². The zero-order chi connectivity index (χ0) is 25.1. The maximum atomic E-state index is 13.7. The maximum absolute atomic E-state index is 13.7. The van der Waals surface area contributed by atoms with Crippen LogP contribution in [0.3, 0.4) is 0 Å². The highest BCUT2D eigenvalue weighted by Crippen LogP contribution is 2.38. The van der Waals surface area contributed by atoms with Crippen molar-refractivity contribution < 1.29 is 23.5 Å². The lowest BCUT2D eigenvalue weighted by atomic mass is 10.0. The summed E-state index contributed by atoms with van der Waals surface area (Å²) >= 11 is 0. The summed E-state index contributed by atoms with van der Waals surface area (Å²) in [7, 11) is 3.08. The molecule has 0 radical (unpaired) electrons. The monoisotopic (exact) mass is 489 g/mol. The zero-order valence-electron chi connectivity index (χ0n) is 20.1. The average Bonchev–Trinajstić information content (AvgIpc) is 3.44. The largest absolute Gasteiger partial charge is 0.493 e. The summed E-state index contributed by atoms with van der Waals surface area (Å²) in [6.45, 7) is 0.169. The van der Waals surface area contributed by atoms with Crippen LogP contribution in [0.1, 0.15) is 30.2 Å². The van der Waals surface area contributed by atoms with Crippen molar-refractivity contribution in [2.75, 3.05) is 14.2 Å².